The fourth-order valence-electron chi connectivity index (χ4n) is 4.19. The highest BCUT2D eigenvalue weighted by Gasteiger charge is 2.59. The van der Waals surface area contributed by atoms with Gasteiger partial charge in [0.25, 0.3) is 0 Å². The molecule has 2 aliphatic rings. The summed E-state index contributed by atoms with van der Waals surface area (Å²) in [5.41, 5.74) is 1.96. The Morgan fingerprint density at radius 3 is 2.68 bits per heavy atom. The van der Waals surface area contributed by atoms with E-state index < -0.39 is 11.6 Å². The lowest BCUT2D eigenvalue weighted by Gasteiger charge is -2.56. The number of nitrogens with one attached hydrogen (secondary N) is 1. The Balaban J connectivity index is 1.95. The number of aryl methyl sites for hydroxylation is 1. The third-order valence-corrected chi connectivity index (χ3v) is 6.32. The van der Waals surface area contributed by atoms with Gasteiger partial charge in [0.05, 0.1) is 6.04 Å². The smallest absolute Gasteiger partial charge is 0.233 e. The van der Waals surface area contributed by atoms with Crippen LogP contribution in [-0.2, 0) is 4.79 Å². The molecule has 0 spiro atoms. The minimum Gasteiger partial charge on any atom is -0.467 e. The van der Waals surface area contributed by atoms with Gasteiger partial charge in [-0.05, 0) is 55.9 Å². The summed E-state index contributed by atoms with van der Waals surface area (Å²) in [4.78, 5) is 16.9. The molecular weight excluding hydrogens is 438 g/mol. The number of carbonyl (C=O) groups is 1. The van der Waals surface area contributed by atoms with Crippen LogP contribution in [0.1, 0.15) is 24.1 Å². The first-order valence-corrected chi connectivity index (χ1v) is 10.3. The van der Waals surface area contributed by atoms with Crippen LogP contribution < -0.4 is 15.0 Å². The fourth-order valence-corrected chi connectivity index (χ4v) is 4.97. The second-order valence-corrected chi connectivity index (χ2v) is 8.90. The summed E-state index contributed by atoms with van der Waals surface area (Å²) in [6, 6.07) is 13.6. The molecule has 3 atom stereocenters. The lowest BCUT2D eigenvalue weighted by molar-refractivity contribution is -0.144. The Morgan fingerprint density at radius 2 is 2.00 bits per heavy atom. The predicted octanol–water partition coefficient (Wildman–Crippen LogP) is 4.01. The number of carbonyl (C=O) groups excluding carboxylic acids is 1. The van der Waals surface area contributed by atoms with Gasteiger partial charge in [0.1, 0.15) is 11.7 Å². The maximum atomic E-state index is 13.3. The van der Waals surface area contributed by atoms with E-state index in [1.165, 1.54) is 0 Å². The summed E-state index contributed by atoms with van der Waals surface area (Å²) < 4.78 is 7.49. The van der Waals surface area contributed by atoms with Crippen molar-refractivity contribution in [2.24, 2.45) is 5.92 Å². The maximum absolute atomic E-state index is 13.3. The number of nitrogens with zero attached hydrogens (tertiary/aromatic N) is 2. The summed E-state index contributed by atoms with van der Waals surface area (Å²) in [6.45, 7) is 3.99. The molecule has 2 bridgehead atoms. The van der Waals surface area contributed by atoms with Crippen molar-refractivity contribution in [3.05, 3.63) is 58.1 Å². The molecule has 1 fully saturated rings. The summed E-state index contributed by atoms with van der Waals surface area (Å²) in [7, 11) is 3.54. The quantitative estimate of drug-likeness (QED) is 0.687. The molecule has 4 rings (SSSR count). The Bertz CT molecular complexity index is 980. The zero-order valence-electron chi connectivity index (χ0n) is 16.2. The Kier molecular flexibility index (Phi) is 4.62. The van der Waals surface area contributed by atoms with Crippen molar-refractivity contribution in [2.75, 3.05) is 19.0 Å². The lowest BCUT2D eigenvalue weighted by atomic mass is 9.78. The second-order valence-electron chi connectivity index (χ2n) is 7.60. The molecule has 2 heterocycles. The number of thiocarbonyl (C=S) groups is 1. The van der Waals surface area contributed by atoms with Gasteiger partial charge in [0, 0.05) is 29.8 Å². The summed E-state index contributed by atoms with van der Waals surface area (Å²) in [5.74, 6) is 0.273. The summed E-state index contributed by atoms with van der Waals surface area (Å²) in [5, 5.41) is 3.98. The number of fused-ring (bicyclic) bond motifs is 4. The van der Waals surface area contributed by atoms with Crippen LogP contribution in [0.15, 0.2) is 46.9 Å². The molecule has 2 aliphatic heterocycles. The van der Waals surface area contributed by atoms with E-state index in [0.29, 0.717) is 5.11 Å². The molecule has 0 unspecified atom stereocenters. The molecule has 1 N–H and O–H groups in total. The molecule has 0 aromatic heterocycles. The molecule has 28 heavy (non-hydrogen) atoms. The van der Waals surface area contributed by atoms with E-state index in [9.17, 15) is 4.79 Å². The molecule has 0 radical (unpaired) electrons. The molecule has 146 valence electrons. The molecule has 1 amide bonds. The molecule has 2 aromatic carbocycles. The maximum Gasteiger partial charge on any atom is 0.233 e. The highest BCUT2D eigenvalue weighted by atomic mass is 79.9. The minimum atomic E-state index is -0.957. The van der Waals surface area contributed by atoms with E-state index in [0.717, 1.165) is 27.0 Å². The summed E-state index contributed by atoms with van der Waals surface area (Å²) >= 11 is 9.29. The minimum absolute atomic E-state index is 0.00768. The van der Waals surface area contributed by atoms with E-state index in [1.54, 1.807) is 19.0 Å². The van der Waals surface area contributed by atoms with Crippen molar-refractivity contribution in [2.45, 2.75) is 25.6 Å². The number of rotatable bonds is 2. The van der Waals surface area contributed by atoms with Crippen molar-refractivity contribution in [1.82, 2.24) is 10.2 Å². The van der Waals surface area contributed by atoms with Crippen molar-refractivity contribution >= 4 is 44.9 Å². The third kappa shape index (κ3) is 2.79. The Morgan fingerprint density at radius 1 is 1.29 bits per heavy atom. The molecule has 5 nitrogen and oxygen atoms in total. The number of benzene rings is 2. The molecular formula is C21H22BrN3O2S. The van der Waals surface area contributed by atoms with Crippen molar-refractivity contribution in [3.63, 3.8) is 0 Å². The predicted molar refractivity (Wildman–Crippen MR) is 117 cm³/mol. The topological polar surface area (TPSA) is 44.8 Å². The average molecular weight is 460 g/mol. The Labute approximate surface area is 178 Å². The number of ether oxygens (including phenoxy) is 1. The number of amides is 1. The SMILES string of the molecule is Cc1ccccc1N1C(=S)N[C@H]2c3cc(Br)ccc3O[C@@]1(C)[C@@H]2C(=O)N(C)C. The van der Waals surface area contributed by atoms with Gasteiger partial charge in [-0.15, -0.1) is 0 Å². The van der Waals surface area contributed by atoms with Crippen LogP contribution in [0.25, 0.3) is 0 Å². The Hall–Kier alpha value is -2.12. The average Bonchev–Trinajstić information content (AvgIpc) is 2.63. The van der Waals surface area contributed by atoms with Gasteiger partial charge in [-0.2, -0.15) is 0 Å². The first-order valence-electron chi connectivity index (χ1n) is 9.10. The second kappa shape index (κ2) is 6.74. The standard InChI is InChI=1S/C21H22BrN3O2S/c1-12-7-5-6-8-15(12)25-20(28)23-18-14-11-13(22)9-10-16(14)27-21(25,2)17(18)19(26)24(3)4/h5-11,17-18H,1-4H3,(H,23,28)/t17-,18-,21-/m0/s1. The van der Waals surface area contributed by atoms with E-state index in [1.807, 2.05) is 61.2 Å². The van der Waals surface area contributed by atoms with E-state index >= 15 is 0 Å². The monoisotopic (exact) mass is 459 g/mol. The highest BCUT2D eigenvalue weighted by Crippen LogP contribution is 2.50. The number of para-hydroxylation sites is 1. The zero-order valence-corrected chi connectivity index (χ0v) is 18.6. The van der Waals surface area contributed by atoms with Gasteiger partial charge in [0.2, 0.25) is 5.91 Å². The fraction of sp³-hybridized carbons (Fsp3) is 0.333. The van der Waals surface area contributed by atoms with Gasteiger partial charge in [-0.1, -0.05) is 34.1 Å². The van der Waals surface area contributed by atoms with Gasteiger partial charge >= 0.3 is 0 Å². The van der Waals surface area contributed by atoms with Crippen molar-refractivity contribution in [1.29, 1.82) is 0 Å². The van der Waals surface area contributed by atoms with Crippen LogP contribution in [0.5, 0.6) is 5.75 Å². The van der Waals surface area contributed by atoms with Gasteiger partial charge in [-0.3, -0.25) is 9.69 Å². The number of halogens is 1. The molecule has 1 saturated heterocycles. The molecule has 0 saturated carbocycles. The van der Waals surface area contributed by atoms with E-state index in [4.69, 9.17) is 17.0 Å². The first-order chi connectivity index (χ1) is 13.2. The van der Waals surface area contributed by atoms with Crippen LogP contribution in [-0.4, -0.2) is 35.7 Å². The van der Waals surface area contributed by atoms with Gasteiger partial charge < -0.3 is 15.0 Å². The largest absolute Gasteiger partial charge is 0.467 e. The van der Waals surface area contributed by atoms with E-state index in [2.05, 4.69) is 21.2 Å². The number of hydrogen-bond donors (Lipinski definition) is 1. The van der Waals surface area contributed by atoms with Crippen LogP contribution in [0.4, 0.5) is 5.69 Å². The van der Waals surface area contributed by atoms with Crippen LogP contribution in [0, 0.1) is 12.8 Å². The van der Waals surface area contributed by atoms with Crippen LogP contribution in [0.3, 0.4) is 0 Å². The highest BCUT2D eigenvalue weighted by molar-refractivity contribution is 9.10. The van der Waals surface area contributed by atoms with Gasteiger partial charge in [0.15, 0.2) is 10.8 Å². The normalized spacial score (nSPS) is 25.5. The third-order valence-electron chi connectivity index (χ3n) is 5.52. The summed E-state index contributed by atoms with van der Waals surface area (Å²) in [6.07, 6.45) is 0. The number of anilines is 1. The number of hydrogen-bond acceptors (Lipinski definition) is 3. The van der Waals surface area contributed by atoms with Crippen LogP contribution in [0.2, 0.25) is 0 Å². The van der Waals surface area contributed by atoms with Crippen molar-refractivity contribution in [3.8, 4) is 5.75 Å². The lowest BCUT2D eigenvalue weighted by Crippen LogP contribution is -2.72. The van der Waals surface area contributed by atoms with E-state index in [-0.39, 0.29) is 11.9 Å². The molecule has 7 heteroatoms. The zero-order chi connectivity index (χ0) is 20.2. The molecule has 0 aliphatic carbocycles. The van der Waals surface area contributed by atoms with Gasteiger partial charge in [-0.25, -0.2) is 0 Å². The molecule has 2 aromatic rings. The van der Waals surface area contributed by atoms with Crippen LogP contribution >= 0.6 is 28.1 Å². The van der Waals surface area contributed by atoms with Crippen molar-refractivity contribution < 1.29 is 9.53 Å². The first kappa shape index (κ1) is 19.2.